The highest BCUT2D eigenvalue weighted by atomic mass is 35.5. The van der Waals surface area contributed by atoms with E-state index < -0.39 is 0 Å². The van der Waals surface area contributed by atoms with Crippen molar-refractivity contribution in [2.45, 2.75) is 6.42 Å². The third-order valence-electron chi connectivity index (χ3n) is 2.05. The lowest BCUT2D eigenvalue weighted by Crippen LogP contribution is -2.17. The fourth-order valence-corrected chi connectivity index (χ4v) is 1.21. The van der Waals surface area contributed by atoms with E-state index in [4.69, 9.17) is 5.73 Å². The van der Waals surface area contributed by atoms with Gasteiger partial charge in [-0.3, -0.25) is 4.79 Å². The molecule has 92 valence electrons. The van der Waals surface area contributed by atoms with Crippen LogP contribution in [0.2, 0.25) is 0 Å². The van der Waals surface area contributed by atoms with Gasteiger partial charge in [-0.05, 0) is 26.2 Å². The molecule has 3 nitrogen and oxygen atoms in total. The van der Waals surface area contributed by atoms with E-state index in [9.17, 15) is 4.79 Å². The van der Waals surface area contributed by atoms with Crippen LogP contribution in [0.4, 0.5) is 5.69 Å². The predicted molar refractivity (Wildman–Crippen MR) is 72.9 cm³/mol. The number of rotatable bonds is 4. The number of hydrogen-bond acceptors (Lipinski definition) is 3. The number of hydrogen-bond donors (Lipinski definition) is 1. The molecule has 0 unspecified atom stereocenters. The summed E-state index contributed by atoms with van der Waals surface area (Å²) in [6.07, 6.45) is 0.515. The first-order chi connectivity index (χ1) is 6.61. The van der Waals surface area contributed by atoms with Crippen LogP contribution in [0.1, 0.15) is 16.8 Å². The van der Waals surface area contributed by atoms with Crippen LogP contribution >= 0.6 is 24.8 Å². The molecule has 0 amide bonds. The Hall–Kier alpha value is -0.770. The molecule has 0 radical (unpaired) electrons. The molecular weight excluding hydrogens is 247 g/mol. The second-order valence-corrected chi connectivity index (χ2v) is 3.56. The fraction of sp³-hybridized carbons (Fsp3) is 0.364. The zero-order valence-corrected chi connectivity index (χ0v) is 11.1. The van der Waals surface area contributed by atoms with Crippen molar-refractivity contribution in [2.24, 2.45) is 0 Å². The Bertz CT molecular complexity index is 330. The van der Waals surface area contributed by atoms with Gasteiger partial charge in [-0.1, -0.05) is 12.1 Å². The van der Waals surface area contributed by atoms with Crippen LogP contribution in [0.5, 0.6) is 0 Å². The Kier molecular flexibility index (Phi) is 9.24. The quantitative estimate of drug-likeness (QED) is 0.671. The molecule has 0 aromatic heterocycles. The molecular formula is C11H18Cl2N2O. The molecule has 0 bridgehead atoms. The molecule has 0 saturated carbocycles. The summed E-state index contributed by atoms with van der Waals surface area (Å²) in [6.45, 7) is 0.757. The number of para-hydroxylation sites is 1. The number of carbonyl (C=O) groups is 1. The maximum atomic E-state index is 11.7. The minimum Gasteiger partial charge on any atom is -0.398 e. The average molecular weight is 265 g/mol. The van der Waals surface area contributed by atoms with Gasteiger partial charge in [0.05, 0.1) is 0 Å². The van der Waals surface area contributed by atoms with Crippen LogP contribution in [-0.4, -0.2) is 31.3 Å². The maximum absolute atomic E-state index is 11.7. The molecule has 0 spiro atoms. The number of carbonyl (C=O) groups excluding carboxylic acids is 1. The summed E-state index contributed by atoms with van der Waals surface area (Å²) in [5.41, 5.74) is 6.89. The van der Waals surface area contributed by atoms with Gasteiger partial charge in [-0.25, -0.2) is 0 Å². The maximum Gasteiger partial charge on any atom is 0.166 e. The van der Waals surface area contributed by atoms with Crippen molar-refractivity contribution in [1.29, 1.82) is 0 Å². The Balaban J connectivity index is 0. The molecule has 2 N–H and O–H groups in total. The highest BCUT2D eigenvalue weighted by Gasteiger charge is 2.08. The van der Waals surface area contributed by atoms with Gasteiger partial charge in [0.1, 0.15) is 0 Å². The highest BCUT2D eigenvalue weighted by Crippen LogP contribution is 2.12. The molecule has 1 aromatic rings. The summed E-state index contributed by atoms with van der Waals surface area (Å²) in [7, 11) is 3.89. The molecule has 0 aliphatic heterocycles. The first kappa shape index (κ1) is 17.6. The normalized spacial score (nSPS) is 9.19. The number of nitrogens with two attached hydrogens (primary N) is 1. The van der Waals surface area contributed by atoms with E-state index in [0.29, 0.717) is 17.7 Å². The minimum absolute atomic E-state index is 0. The molecule has 0 aliphatic rings. The lowest BCUT2D eigenvalue weighted by molar-refractivity contribution is 0.0973. The standard InChI is InChI=1S/C11H16N2O.2ClH/c1-13(2)8-7-11(14)9-5-3-4-6-10(9)12;;/h3-6H,7-8,12H2,1-2H3;2*1H. The smallest absolute Gasteiger partial charge is 0.166 e. The first-order valence-corrected chi connectivity index (χ1v) is 4.63. The van der Waals surface area contributed by atoms with Crippen LogP contribution in [0, 0.1) is 0 Å². The van der Waals surface area contributed by atoms with Crippen molar-refractivity contribution in [3.05, 3.63) is 29.8 Å². The van der Waals surface area contributed by atoms with Gasteiger partial charge >= 0.3 is 0 Å². The van der Waals surface area contributed by atoms with Crippen LogP contribution < -0.4 is 5.73 Å². The van der Waals surface area contributed by atoms with Crippen molar-refractivity contribution in [3.8, 4) is 0 Å². The molecule has 16 heavy (non-hydrogen) atoms. The van der Waals surface area contributed by atoms with Crippen molar-refractivity contribution in [3.63, 3.8) is 0 Å². The van der Waals surface area contributed by atoms with Crippen LogP contribution in [0.25, 0.3) is 0 Å². The van der Waals surface area contributed by atoms with E-state index >= 15 is 0 Å². The number of nitrogens with zero attached hydrogens (tertiary/aromatic N) is 1. The SMILES string of the molecule is CN(C)CCC(=O)c1ccccc1N.Cl.Cl. The molecule has 1 aromatic carbocycles. The number of Topliss-reactive ketones (excluding diaryl/α,β-unsaturated/α-hetero) is 1. The second-order valence-electron chi connectivity index (χ2n) is 3.56. The number of benzene rings is 1. The lowest BCUT2D eigenvalue weighted by Gasteiger charge is -2.09. The lowest BCUT2D eigenvalue weighted by atomic mass is 10.1. The van der Waals surface area contributed by atoms with E-state index in [1.165, 1.54) is 0 Å². The largest absolute Gasteiger partial charge is 0.398 e. The number of nitrogen functional groups attached to an aromatic ring is 1. The Morgan fingerprint density at radius 2 is 1.81 bits per heavy atom. The van der Waals surface area contributed by atoms with Crippen LogP contribution in [-0.2, 0) is 0 Å². The zero-order chi connectivity index (χ0) is 10.6. The summed E-state index contributed by atoms with van der Waals surface area (Å²) < 4.78 is 0. The van der Waals surface area contributed by atoms with E-state index in [1.807, 2.05) is 31.1 Å². The van der Waals surface area contributed by atoms with Gasteiger partial charge < -0.3 is 10.6 Å². The van der Waals surface area contributed by atoms with E-state index in [-0.39, 0.29) is 30.6 Å². The predicted octanol–water partition coefficient (Wildman–Crippen LogP) is 2.25. The summed E-state index contributed by atoms with van der Waals surface area (Å²) in [5.74, 6) is 0.108. The van der Waals surface area contributed by atoms with Crippen molar-refractivity contribution in [1.82, 2.24) is 4.90 Å². The first-order valence-electron chi connectivity index (χ1n) is 4.63. The summed E-state index contributed by atoms with van der Waals surface area (Å²) >= 11 is 0. The minimum atomic E-state index is 0. The third-order valence-corrected chi connectivity index (χ3v) is 2.05. The molecule has 0 atom stereocenters. The summed E-state index contributed by atoms with van der Waals surface area (Å²) in [5, 5.41) is 0. The topological polar surface area (TPSA) is 46.3 Å². The number of halogens is 2. The summed E-state index contributed by atoms with van der Waals surface area (Å²) in [6, 6.07) is 7.19. The Morgan fingerprint density at radius 3 is 2.31 bits per heavy atom. The van der Waals surface area contributed by atoms with Gasteiger partial charge in [0, 0.05) is 24.2 Å². The van der Waals surface area contributed by atoms with Gasteiger partial charge in [0.2, 0.25) is 0 Å². The number of ketones is 1. The molecule has 0 saturated heterocycles. The van der Waals surface area contributed by atoms with Crippen molar-refractivity contribution in [2.75, 3.05) is 26.4 Å². The van der Waals surface area contributed by atoms with Crippen molar-refractivity contribution < 1.29 is 4.79 Å². The molecule has 0 fully saturated rings. The molecule has 5 heteroatoms. The molecule has 0 heterocycles. The fourth-order valence-electron chi connectivity index (χ4n) is 1.21. The highest BCUT2D eigenvalue weighted by molar-refractivity contribution is 6.00. The average Bonchev–Trinajstić information content (AvgIpc) is 2.15. The van der Waals surface area contributed by atoms with Gasteiger partial charge in [0.15, 0.2) is 5.78 Å². The van der Waals surface area contributed by atoms with Crippen LogP contribution in [0.3, 0.4) is 0 Å². The van der Waals surface area contributed by atoms with Gasteiger partial charge in [-0.2, -0.15) is 0 Å². The van der Waals surface area contributed by atoms with Crippen molar-refractivity contribution >= 4 is 36.3 Å². The zero-order valence-electron chi connectivity index (χ0n) is 9.47. The molecule has 0 aliphatic carbocycles. The van der Waals surface area contributed by atoms with Gasteiger partial charge in [0.25, 0.3) is 0 Å². The van der Waals surface area contributed by atoms with Gasteiger partial charge in [-0.15, -0.1) is 24.8 Å². The van der Waals surface area contributed by atoms with E-state index in [0.717, 1.165) is 6.54 Å². The van der Waals surface area contributed by atoms with E-state index in [1.54, 1.807) is 12.1 Å². The number of anilines is 1. The van der Waals surface area contributed by atoms with Crippen LogP contribution in [0.15, 0.2) is 24.3 Å². The Morgan fingerprint density at radius 1 is 1.25 bits per heavy atom. The second kappa shape index (κ2) is 8.39. The Labute approximate surface area is 109 Å². The third kappa shape index (κ3) is 5.35. The monoisotopic (exact) mass is 264 g/mol. The summed E-state index contributed by atoms with van der Waals surface area (Å²) in [4.78, 5) is 13.6. The van der Waals surface area contributed by atoms with E-state index in [2.05, 4.69) is 0 Å². The molecule has 1 rings (SSSR count).